The smallest absolute Gasteiger partial charge is 0.266 e. The first-order valence-electron chi connectivity index (χ1n) is 8.70. The lowest BCUT2D eigenvalue weighted by atomic mass is 10.1. The summed E-state index contributed by atoms with van der Waals surface area (Å²) in [5.74, 6) is -0.321. The van der Waals surface area contributed by atoms with E-state index in [-0.39, 0.29) is 5.57 Å². The Morgan fingerprint density at radius 1 is 1.10 bits per heavy atom. The highest BCUT2D eigenvalue weighted by molar-refractivity contribution is 9.10. The lowest BCUT2D eigenvalue weighted by Gasteiger charge is -2.09. The summed E-state index contributed by atoms with van der Waals surface area (Å²) in [5.41, 5.74) is 2.05. The molecule has 0 aromatic heterocycles. The number of nitriles is 1. The van der Waals surface area contributed by atoms with Crippen LogP contribution in [0.25, 0.3) is 6.08 Å². The number of carbonyl (C=O) groups excluding carboxylic acids is 1. The minimum Gasteiger partial charge on any atom is -0.488 e. The molecule has 3 aromatic rings. The number of benzene rings is 3. The van der Waals surface area contributed by atoms with Gasteiger partial charge in [0.15, 0.2) is 0 Å². The summed E-state index contributed by atoms with van der Waals surface area (Å²) in [6.07, 6.45) is 1.48. The molecule has 0 radical (unpaired) electrons. The molecule has 4 nitrogen and oxygen atoms in total. The van der Waals surface area contributed by atoms with Gasteiger partial charge in [0, 0.05) is 5.69 Å². The maximum absolute atomic E-state index is 13.0. The van der Waals surface area contributed by atoms with E-state index in [9.17, 15) is 14.4 Å². The second kappa shape index (κ2) is 9.67. The van der Waals surface area contributed by atoms with Crippen molar-refractivity contribution in [3.05, 3.63) is 99.8 Å². The van der Waals surface area contributed by atoms with Gasteiger partial charge in [-0.2, -0.15) is 5.26 Å². The van der Waals surface area contributed by atoms with Crippen LogP contribution in [-0.2, 0) is 11.4 Å². The first-order chi connectivity index (χ1) is 14.0. The van der Waals surface area contributed by atoms with Crippen molar-refractivity contribution in [3.63, 3.8) is 0 Å². The van der Waals surface area contributed by atoms with Crippen LogP contribution in [0.15, 0.2) is 82.8 Å². The van der Waals surface area contributed by atoms with Crippen LogP contribution in [0.2, 0.25) is 0 Å². The Hall–Kier alpha value is -3.43. The third kappa shape index (κ3) is 5.77. The van der Waals surface area contributed by atoms with Gasteiger partial charge in [-0.15, -0.1) is 0 Å². The molecule has 0 aliphatic carbocycles. The molecule has 0 aliphatic rings. The SMILES string of the molecule is N#C/C(=C\c1ccc(OCc2ccccc2)c(Br)c1)C(=O)Nc1ccc(F)cc1. The zero-order valence-corrected chi connectivity index (χ0v) is 16.8. The van der Waals surface area contributed by atoms with E-state index in [0.717, 1.165) is 5.56 Å². The third-order valence-corrected chi connectivity index (χ3v) is 4.59. The number of hydrogen-bond acceptors (Lipinski definition) is 3. The van der Waals surface area contributed by atoms with E-state index in [0.29, 0.717) is 28.1 Å². The molecule has 3 aromatic carbocycles. The molecule has 0 heterocycles. The van der Waals surface area contributed by atoms with Crippen LogP contribution in [0.3, 0.4) is 0 Å². The Morgan fingerprint density at radius 3 is 2.48 bits per heavy atom. The number of hydrogen-bond donors (Lipinski definition) is 1. The molecular formula is C23H16BrFN2O2. The Labute approximate surface area is 176 Å². The van der Waals surface area contributed by atoms with Crippen LogP contribution in [0, 0.1) is 17.1 Å². The number of rotatable bonds is 6. The summed E-state index contributed by atoms with van der Waals surface area (Å²) in [7, 11) is 0. The standard InChI is InChI=1S/C23H16BrFN2O2/c24-21-13-17(6-11-22(21)29-15-16-4-2-1-3-5-16)12-18(14-26)23(28)27-20-9-7-19(25)8-10-20/h1-13H,15H2,(H,27,28)/b18-12+. The fourth-order valence-electron chi connectivity index (χ4n) is 2.51. The summed E-state index contributed by atoms with van der Waals surface area (Å²) in [6, 6.07) is 22.3. The molecule has 0 unspecified atom stereocenters. The zero-order valence-electron chi connectivity index (χ0n) is 15.2. The molecule has 0 aliphatic heterocycles. The molecule has 1 amide bonds. The monoisotopic (exact) mass is 450 g/mol. The number of anilines is 1. The van der Waals surface area contributed by atoms with Gasteiger partial charge >= 0.3 is 0 Å². The summed E-state index contributed by atoms with van der Waals surface area (Å²) in [4.78, 5) is 12.3. The Balaban J connectivity index is 1.70. The highest BCUT2D eigenvalue weighted by Gasteiger charge is 2.11. The predicted octanol–water partition coefficient (Wildman–Crippen LogP) is 5.71. The minimum atomic E-state index is -0.570. The fourth-order valence-corrected chi connectivity index (χ4v) is 3.02. The maximum atomic E-state index is 13.0. The molecule has 3 rings (SSSR count). The maximum Gasteiger partial charge on any atom is 0.266 e. The first-order valence-corrected chi connectivity index (χ1v) is 9.49. The molecule has 6 heteroatoms. The van der Waals surface area contributed by atoms with Gasteiger partial charge < -0.3 is 10.1 Å². The summed E-state index contributed by atoms with van der Waals surface area (Å²) in [6.45, 7) is 0.429. The lowest BCUT2D eigenvalue weighted by molar-refractivity contribution is -0.112. The van der Waals surface area contributed by atoms with Crippen molar-refractivity contribution in [2.45, 2.75) is 6.61 Å². The van der Waals surface area contributed by atoms with Crippen LogP contribution >= 0.6 is 15.9 Å². The second-order valence-corrected chi connectivity index (χ2v) is 6.95. The quantitative estimate of drug-likeness (QED) is 0.386. The van der Waals surface area contributed by atoms with Gasteiger partial charge in [0.05, 0.1) is 4.47 Å². The van der Waals surface area contributed by atoms with Gasteiger partial charge in [0.25, 0.3) is 5.91 Å². The van der Waals surface area contributed by atoms with Crippen molar-refractivity contribution in [1.82, 2.24) is 0 Å². The second-order valence-electron chi connectivity index (χ2n) is 6.09. The number of amides is 1. The highest BCUT2D eigenvalue weighted by Crippen LogP contribution is 2.28. The van der Waals surface area contributed by atoms with Gasteiger partial charge in [0.1, 0.15) is 29.8 Å². The largest absolute Gasteiger partial charge is 0.488 e. The predicted molar refractivity (Wildman–Crippen MR) is 114 cm³/mol. The Morgan fingerprint density at radius 2 is 1.83 bits per heavy atom. The third-order valence-electron chi connectivity index (χ3n) is 3.97. The van der Waals surface area contributed by atoms with Crippen LogP contribution in [-0.4, -0.2) is 5.91 Å². The van der Waals surface area contributed by atoms with Gasteiger partial charge in [-0.25, -0.2) is 4.39 Å². The van der Waals surface area contributed by atoms with Crippen molar-refractivity contribution in [2.75, 3.05) is 5.32 Å². The normalized spacial score (nSPS) is 10.9. The summed E-state index contributed by atoms with van der Waals surface area (Å²) in [5, 5.41) is 11.9. The zero-order chi connectivity index (χ0) is 20.6. The Bertz CT molecular complexity index is 1070. The van der Waals surface area contributed by atoms with E-state index in [4.69, 9.17) is 4.74 Å². The molecule has 144 valence electrons. The van der Waals surface area contributed by atoms with Crippen molar-refractivity contribution in [3.8, 4) is 11.8 Å². The molecule has 0 fully saturated rings. The van der Waals surface area contributed by atoms with Gasteiger partial charge in [-0.3, -0.25) is 4.79 Å². The minimum absolute atomic E-state index is 0.0702. The van der Waals surface area contributed by atoms with Crippen molar-refractivity contribution in [2.24, 2.45) is 0 Å². The molecule has 0 saturated heterocycles. The first kappa shape index (κ1) is 20.3. The van der Waals surface area contributed by atoms with E-state index in [2.05, 4.69) is 21.2 Å². The number of carbonyl (C=O) groups is 1. The molecule has 0 bridgehead atoms. The van der Waals surface area contributed by atoms with Gasteiger partial charge in [-0.05, 0) is 69.5 Å². The van der Waals surface area contributed by atoms with E-state index in [1.54, 1.807) is 18.2 Å². The average molecular weight is 451 g/mol. The average Bonchev–Trinajstić information content (AvgIpc) is 2.73. The van der Waals surface area contributed by atoms with E-state index in [1.807, 2.05) is 36.4 Å². The lowest BCUT2D eigenvalue weighted by Crippen LogP contribution is -2.13. The van der Waals surface area contributed by atoms with Crippen LogP contribution < -0.4 is 10.1 Å². The molecule has 0 spiro atoms. The van der Waals surface area contributed by atoms with E-state index < -0.39 is 11.7 Å². The van der Waals surface area contributed by atoms with Crippen molar-refractivity contribution in [1.29, 1.82) is 5.26 Å². The Kier molecular flexibility index (Phi) is 6.77. The molecule has 0 saturated carbocycles. The van der Waals surface area contributed by atoms with E-state index >= 15 is 0 Å². The van der Waals surface area contributed by atoms with Gasteiger partial charge in [-0.1, -0.05) is 36.4 Å². The summed E-state index contributed by atoms with van der Waals surface area (Å²) >= 11 is 3.46. The number of nitrogens with one attached hydrogen (secondary N) is 1. The number of ether oxygens (including phenoxy) is 1. The highest BCUT2D eigenvalue weighted by atomic mass is 79.9. The molecular weight excluding hydrogens is 435 g/mol. The van der Waals surface area contributed by atoms with Crippen molar-refractivity contribution >= 4 is 33.6 Å². The summed E-state index contributed by atoms with van der Waals surface area (Å²) < 4.78 is 19.5. The fraction of sp³-hybridized carbons (Fsp3) is 0.0435. The van der Waals surface area contributed by atoms with Crippen molar-refractivity contribution < 1.29 is 13.9 Å². The number of halogens is 2. The topological polar surface area (TPSA) is 62.1 Å². The number of nitrogens with zero attached hydrogens (tertiary/aromatic N) is 1. The van der Waals surface area contributed by atoms with Crippen LogP contribution in [0.1, 0.15) is 11.1 Å². The van der Waals surface area contributed by atoms with Crippen LogP contribution in [0.5, 0.6) is 5.75 Å². The molecule has 1 N–H and O–H groups in total. The van der Waals surface area contributed by atoms with Crippen LogP contribution in [0.4, 0.5) is 10.1 Å². The van der Waals surface area contributed by atoms with Gasteiger partial charge in [0.2, 0.25) is 0 Å². The molecule has 29 heavy (non-hydrogen) atoms. The van der Waals surface area contributed by atoms with E-state index in [1.165, 1.54) is 30.3 Å². The molecule has 0 atom stereocenters.